The Morgan fingerprint density at radius 2 is 2.33 bits per heavy atom. The number of hydrogen-bond acceptors (Lipinski definition) is 1. The van der Waals surface area contributed by atoms with E-state index in [-0.39, 0.29) is 0 Å². The summed E-state index contributed by atoms with van der Waals surface area (Å²) in [4.78, 5) is 10.7. The Morgan fingerprint density at radius 1 is 1.58 bits per heavy atom. The molecule has 0 N–H and O–H groups in total. The van der Waals surface area contributed by atoms with Crippen molar-refractivity contribution in [3.05, 3.63) is 48.0 Å². The largest absolute Gasteiger partial charge is 0.276 e. The van der Waals surface area contributed by atoms with E-state index >= 15 is 0 Å². The van der Waals surface area contributed by atoms with Crippen LogP contribution in [0.5, 0.6) is 0 Å². The monoisotopic (exact) mass is 180 g/mol. The van der Waals surface area contributed by atoms with Gasteiger partial charge in [0.15, 0.2) is 0 Å². The second kappa shape index (κ2) is 4.07. The minimum absolute atomic E-state index is 0.416. The van der Waals surface area contributed by atoms with Gasteiger partial charge in [0.1, 0.15) is 0 Å². The number of carbonyl (C=O) groups is 1. The summed E-state index contributed by atoms with van der Waals surface area (Å²) in [5, 5.41) is -0.416. The van der Waals surface area contributed by atoms with Crippen LogP contribution in [0.25, 0.3) is 0 Å². The zero-order valence-corrected chi connectivity index (χ0v) is 7.34. The molecular weight excluding hydrogens is 172 g/mol. The maximum Gasteiger partial charge on any atom is 0.252 e. The number of allylic oxidation sites excluding steroid dienone is 1. The molecule has 0 heterocycles. The highest BCUT2D eigenvalue weighted by molar-refractivity contribution is 6.67. The van der Waals surface area contributed by atoms with Crippen molar-refractivity contribution in [3.8, 4) is 0 Å². The molecule has 0 aliphatic heterocycles. The highest BCUT2D eigenvalue weighted by Crippen LogP contribution is 2.08. The second-order valence-electron chi connectivity index (χ2n) is 2.47. The van der Waals surface area contributed by atoms with Gasteiger partial charge in [-0.25, -0.2) is 0 Å². The van der Waals surface area contributed by atoms with Crippen molar-refractivity contribution in [2.45, 2.75) is 6.42 Å². The molecule has 1 aromatic rings. The van der Waals surface area contributed by atoms with Crippen LogP contribution >= 0.6 is 11.6 Å². The predicted octanol–water partition coefficient (Wildman–Crippen LogP) is 2.79. The Bertz CT molecular complexity index is 304. The van der Waals surface area contributed by atoms with Crippen LogP contribution in [0.2, 0.25) is 0 Å². The zero-order valence-electron chi connectivity index (χ0n) is 6.59. The normalized spacial score (nSPS) is 9.42. The molecule has 12 heavy (non-hydrogen) atoms. The summed E-state index contributed by atoms with van der Waals surface area (Å²) in [6.45, 7) is 3.61. The molecule has 0 amide bonds. The fourth-order valence-corrected chi connectivity index (χ4v) is 1.10. The topological polar surface area (TPSA) is 17.1 Å². The van der Waals surface area contributed by atoms with Crippen molar-refractivity contribution in [1.82, 2.24) is 0 Å². The van der Waals surface area contributed by atoms with Crippen LogP contribution < -0.4 is 0 Å². The Balaban J connectivity index is 2.95. The van der Waals surface area contributed by atoms with Gasteiger partial charge in [-0.2, -0.15) is 0 Å². The summed E-state index contributed by atoms with van der Waals surface area (Å²) in [6, 6.07) is 7.22. The number of carbonyl (C=O) groups excluding carboxylic acids is 1. The van der Waals surface area contributed by atoms with E-state index in [0.717, 1.165) is 12.0 Å². The Labute approximate surface area is 76.7 Å². The summed E-state index contributed by atoms with van der Waals surface area (Å²) >= 11 is 5.31. The van der Waals surface area contributed by atoms with Crippen molar-refractivity contribution in [2.75, 3.05) is 0 Å². The molecule has 1 rings (SSSR count). The van der Waals surface area contributed by atoms with Gasteiger partial charge >= 0.3 is 0 Å². The average molecular weight is 181 g/mol. The molecule has 0 aliphatic rings. The minimum Gasteiger partial charge on any atom is -0.276 e. The van der Waals surface area contributed by atoms with Crippen LogP contribution in [0.1, 0.15) is 15.9 Å². The van der Waals surface area contributed by atoms with Crippen molar-refractivity contribution in [3.63, 3.8) is 0 Å². The van der Waals surface area contributed by atoms with E-state index in [9.17, 15) is 4.79 Å². The first-order valence-corrected chi connectivity index (χ1v) is 4.01. The summed E-state index contributed by atoms with van der Waals surface area (Å²) in [5.74, 6) is 0. The fourth-order valence-electron chi connectivity index (χ4n) is 0.987. The van der Waals surface area contributed by atoms with Gasteiger partial charge in [0, 0.05) is 5.56 Å². The van der Waals surface area contributed by atoms with E-state index in [1.807, 2.05) is 12.1 Å². The quantitative estimate of drug-likeness (QED) is 0.517. The summed E-state index contributed by atoms with van der Waals surface area (Å²) < 4.78 is 0. The van der Waals surface area contributed by atoms with Crippen molar-refractivity contribution < 1.29 is 4.79 Å². The molecule has 2 heteroatoms. The molecule has 0 aliphatic carbocycles. The Kier molecular flexibility index (Phi) is 3.06. The van der Waals surface area contributed by atoms with Gasteiger partial charge in [-0.15, -0.1) is 6.58 Å². The van der Waals surface area contributed by atoms with Crippen molar-refractivity contribution >= 4 is 16.8 Å². The van der Waals surface area contributed by atoms with Crippen LogP contribution in [0.3, 0.4) is 0 Å². The minimum atomic E-state index is -0.416. The maximum absolute atomic E-state index is 10.7. The van der Waals surface area contributed by atoms with Crippen molar-refractivity contribution in [1.29, 1.82) is 0 Å². The molecule has 0 unspecified atom stereocenters. The van der Waals surface area contributed by atoms with Crippen LogP contribution in [0, 0.1) is 0 Å². The molecule has 0 bridgehead atoms. The molecule has 0 atom stereocenters. The van der Waals surface area contributed by atoms with E-state index in [1.54, 1.807) is 18.2 Å². The van der Waals surface area contributed by atoms with Gasteiger partial charge in [-0.3, -0.25) is 4.79 Å². The summed E-state index contributed by atoms with van der Waals surface area (Å²) in [7, 11) is 0. The number of rotatable bonds is 3. The van der Waals surface area contributed by atoms with E-state index in [0.29, 0.717) is 5.56 Å². The third kappa shape index (κ3) is 2.21. The molecule has 0 saturated heterocycles. The first-order chi connectivity index (χ1) is 5.74. The SMILES string of the molecule is C=CCc1cccc(C(=O)Cl)c1. The van der Waals surface area contributed by atoms with Crippen LogP contribution in [0.4, 0.5) is 0 Å². The van der Waals surface area contributed by atoms with Gasteiger partial charge in [-0.1, -0.05) is 24.3 Å². The number of halogens is 1. The third-order valence-corrected chi connectivity index (χ3v) is 1.75. The molecule has 0 saturated carbocycles. The second-order valence-corrected chi connectivity index (χ2v) is 2.81. The first kappa shape index (κ1) is 9.01. The van der Waals surface area contributed by atoms with Gasteiger partial charge in [0.25, 0.3) is 5.24 Å². The van der Waals surface area contributed by atoms with E-state index in [2.05, 4.69) is 6.58 Å². The lowest BCUT2D eigenvalue weighted by molar-refractivity contribution is 0.108. The smallest absolute Gasteiger partial charge is 0.252 e. The molecule has 0 spiro atoms. The molecule has 1 nitrogen and oxygen atoms in total. The third-order valence-electron chi connectivity index (χ3n) is 1.53. The average Bonchev–Trinajstić information content (AvgIpc) is 2.05. The van der Waals surface area contributed by atoms with Crippen LogP contribution in [-0.4, -0.2) is 5.24 Å². The Morgan fingerprint density at radius 3 is 2.92 bits per heavy atom. The van der Waals surface area contributed by atoms with E-state index in [1.165, 1.54) is 0 Å². The van der Waals surface area contributed by atoms with Gasteiger partial charge < -0.3 is 0 Å². The zero-order chi connectivity index (χ0) is 8.97. The predicted molar refractivity (Wildman–Crippen MR) is 50.5 cm³/mol. The lowest BCUT2D eigenvalue weighted by Crippen LogP contribution is -1.90. The number of hydrogen-bond donors (Lipinski definition) is 0. The van der Waals surface area contributed by atoms with Crippen LogP contribution in [0.15, 0.2) is 36.9 Å². The van der Waals surface area contributed by atoms with E-state index in [4.69, 9.17) is 11.6 Å². The summed E-state index contributed by atoms with van der Waals surface area (Å²) in [6.07, 6.45) is 2.55. The first-order valence-electron chi connectivity index (χ1n) is 3.63. The van der Waals surface area contributed by atoms with Crippen LogP contribution in [-0.2, 0) is 6.42 Å². The molecule has 0 aromatic heterocycles. The fraction of sp³-hybridized carbons (Fsp3) is 0.100. The van der Waals surface area contributed by atoms with Gasteiger partial charge in [0.05, 0.1) is 0 Å². The molecular formula is C10H9ClO. The molecule has 0 radical (unpaired) electrons. The van der Waals surface area contributed by atoms with Crippen molar-refractivity contribution in [2.24, 2.45) is 0 Å². The summed E-state index contributed by atoms with van der Waals surface area (Å²) in [5.41, 5.74) is 1.59. The van der Waals surface area contributed by atoms with Gasteiger partial charge in [0.2, 0.25) is 0 Å². The Hall–Kier alpha value is -1.08. The highest BCUT2D eigenvalue weighted by atomic mass is 35.5. The lowest BCUT2D eigenvalue weighted by atomic mass is 10.1. The van der Waals surface area contributed by atoms with Gasteiger partial charge in [-0.05, 0) is 29.7 Å². The highest BCUT2D eigenvalue weighted by Gasteiger charge is 2.00. The molecule has 0 fully saturated rings. The lowest BCUT2D eigenvalue weighted by Gasteiger charge is -1.97. The van der Waals surface area contributed by atoms with E-state index < -0.39 is 5.24 Å². The molecule has 62 valence electrons. The number of benzene rings is 1. The molecule has 1 aromatic carbocycles. The standard InChI is InChI=1S/C10H9ClO/c1-2-4-8-5-3-6-9(7-8)10(11)12/h2-3,5-7H,1,4H2. The maximum atomic E-state index is 10.7.